The molecule has 138 valence electrons. The molecule has 1 aliphatic heterocycles. The van der Waals surface area contributed by atoms with Crippen LogP contribution in [-0.4, -0.2) is 41.5 Å². The van der Waals surface area contributed by atoms with Gasteiger partial charge in [0.2, 0.25) is 5.91 Å². The zero-order chi connectivity index (χ0) is 18.2. The van der Waals surface area contributed by atoms with Crippen molar-refractivity contribution < 1.29 is 9.59 Å². The number of nitrogens with one attached hydrogen (secondary N) is 2. The van der Waals surface area contributed by atoms with E-state index in [-0.39, 0.29) is 23.9 Å². The van der Waals surface area contributed by atoms with Crippen molar-refractivity contribution in [2.75, 3.05) is 19.6 Å². The van der Waals surface area contributed by atoms with Crippen LogP contribution in [-0.2, 0) is 4.79 Å². The molecule has 2 heterocycles. The third kappa shape index (κ3) is 6.36. The van der Waals surface area contributed by atoms with E-state index in [2.05, 4.69) is 29.5 Å². The molecule has 1 aromatic heterocycles. The fraction of sp³-hybridized carbons (Fsp3) is 0.632. The third-order valence-corrected chi connectivity index (χ3v) is 4.53. The Balaban J connectivity index is 1.79. The number of pyridine rings is 1. The van der Waals surface area contributed by atoms with Crippen LogP contribution >= 0.6 is 0 Å². The Hall–Kier alpha value is -2.11. The van der Waals surface area contributed by atoms with Crippen LogP contribution in [0.5, 0.6) is 0 Å². The van der Waals surface area contributed by atoms with E-state index in [0.29, 0.717) is 25.4 Å². The van der Waals surface area contributed by atoms with Crippen LogP contribution in [0, 0.1) is 11.8 Å². The summed E-state index contributed by atoms with van der Waals surface area (Å²) in [6.45, 7) is 8.24. The maximum absolute atomic E-state index is 12.3. The topological polar surface area (TPSA) is 74.3 Å². The average Bonchev–Trinajstić information content (AvgIpc) is 2.60. The van der Waals surface area contributed by atoms with Gasteiger partial charge in [0.25, 0.3) is 0 Å². The molecule has 2 N–H and O–H groups in total. The number of amides is 3. The first-order chi connectivity index (χ1) is 12.0. The Morgan fingerprint density at radius 2 is 2.00 bits per heavy atom. The zero-order valence-electron chi connectivity index (χ0n) is 15.5. The van der Waals surface area contributed by atoms with E-state index in [4.69, 9.17) is 0 Å². The van der Waals surface area contributed by atoms with Crippen LogP contribution in [0.3, 0.4) is 0 Å². The molecule has 1 aliphatic rings. The molecular formula is C19H30N4O2. The van der Waals surface area contributed by atoms with Gasteiger partial charge >= 0.3 is 6.03 Å². The Morgan fingerprint density at radius 1 is 1.28 bits per heavy atom. The molecule has 0 aromatic carbocycles. The molecule has 0 spiro atoms. The standard InChI is InChI=1S/C19H30N4O2/c1-14(2)12-21-19(25)23-10-4-5-16(13-23)11-18(24)22-15(3)17-6-8-20-9-7-17/h6-9,14-16H,4-5,10-13H2,1-3H3,(H,21,25)(H,22,24)/t15-,16+/m0/s1. The second kappa shape index (κ2) is 9.39. The summed E-state index contributed by atoms with van der Waals surface area (Å²) in [6, 6.07) is 3.77. The highest BCUT2D eigenvalue weighted by atomic mass is 16.2. The summed E-state index contributed by atoms with van der Waals surface area (Å²) in [5.41, 5.74) is 1.04. The number of nitrogens with zero attached hydrogens (tertiary/aromatic N) is 2. The zero-order valence-corrected chi connectivity index (χ0v) is 15.5. The number of aromatic nitrogens is 1. The Labute approximate surface area is 150 Å². The predicted octanol–water partition coefficient (Wildman–Crippen LogP) is 2.73. The fourth-order valence-corrected chi connectivity index (χ4v) is 3.12. The maximum atomic E-state index is 12.3. The van der Waals surface area contributed by atoms with E-state index in [1.807, 2.05) is 24.0 Å². The van der Waals surface area contributed by atoms with E-state index >= 15 is 0 Å². The lowest BCUT2D eigenvalue weighted by atomic mass is 9.94. The number of carbonyl (C=O) groups excluding carboxylic acids is 2. The fourth-order valence-electron chi connectivity index (χ4n) is 3.12. The van der Waals surface area contributed by atoms with Crippen molar-refractivity contribution in [2.45, 2.75) is 46.1 Å². The lowest BCUT2D eigenvalue weighted by Gasteiger charge is -2.33. The monoisotopic (exact) mass is 346 g/mol. The average molecular weight is 346 g/mol. The molecule has 25 heavy (non-hydrogen) atoms. The summed E-state index contributed by atoms with van der Waals surface area (Å²) in [6.07, 6.45) is 5.86. The van der Waals surface area contributed by atoms with Crippen LogP contribution in [0.1, 0.15) is 51.6 Å². The van der Waals surface area contributed by atoms with Gasteiger partial charge in [-0.25, -0.2) is 4.79 Å². The highest BCUT2D eigenvalue weighted by molar-refractivity contribution is 5.77. The van der Waals surface area contributed by atoms with E-state index in [1.165, 1.54) is 0 Å². The van der Waals surface area contributed by atoms with Gasteiger partial charge in [0, 0.05) is 38.4 Å². The van der Waals surface area contributed by atoms with Crippen molar-refractivity contribution in [3.05, 3.63) is 30.1 Å². The predicted molar refractivity (Wildman–Crippen MR) is 97.9 cm³/mol. The second-order valence-corrected chi connectivity index (χ2v) is 7.31. The Morgan fingerprint density at radius 3 is 2.68 bits per heavy atom. The molecule has 6 heteroatoms. The Bertz CT molecular complexity index is 562. The van der Waals surface area contributed by atoms with Gasteiger partial charge in [-0.05, 0) is 49.3 Å². The number of hydrogen-bond acceptors (Lipinski definition) is 3. The van der Waals surface area contributed by atoms with Gasteiger partial charge in [-0.2, -0.15) is 0 Å². The van der Waals surface area contributed by atoms with Gasteiger partial charge in [-0.1, -0.05) is 13.8 Å². The molecule has 0 unspecified atom stereocenters. The lowest BCUT2D eigenvalue weighted by Crippen LogP contribution is -2.47. The van der Waals surface area contributed by atoms with Crippen LogP contribution in [0.2, 0.25) is 0 Å². The van der Waals surface area contributed by atoms with Crippen molar-refractivity contribution in [1.82, 2.24) is 20.5 Å². The minimum absolute atomic E-state index is 0.0102. The van der Waals surface area contributed by atoms with Gasteiger partial charge in [0.05, 0.1) is 6.04 Å². The first kappa shape index (κ1) is 19.2. The summed E-state index contributed by atoms with van der Waals surface area (Å²) < 4.78 is 0. The quantitative estimate of drug-likeness (QED) is 0.832. The molecule has 2 atom stereocenters. The van der Waals surface area contributed by atoms with Crippen molar-refractivity contribution in [3.8, 4) is 0 Å². The molecule has 0 radical (unpaired) electrons. The normalized spacial score (nSPS) is 18.7. The van der Waals surface area contributed by atoms with Gasteiger partial charge < -0.3 is 15.5 Å². The third-order valence-electron chi connectivity index (χ3n) is 4.53. The molecule has 0 saturated carbocycles. The minimum atomic E-state index is -0.0375. The van der Waals surface area contributed by atoms with Crippen LogP contribution in [0.4, 0.5) is 4.79 Å². The molecule has 2 rings (SSSR count). The van der Waals surface area contributed by atoms with Gasteiger partial charge in [0.15, 0.2) is 0 Å². The molecule has 1 fully saturated rings. The molecule has 1 saturated heterocycles. The maximum Gasteiger partial charge on any atom is 0.317 e. The minimum Gasteiger partial charge on any atom is -0.350 e. The number of rotatable bonds is 6. The van der Waals surface area contributed by atoms with Gasteiger partial charge in [-0.3, -0.25) is 9.78 Å². The van der Waals surface area contributed by atoms with E-state index in [1.54, 1.807) is 12.4 Å². The van der Waals surface area contributed by atoms with Gasteiger partial charge in [-0.15, -0.1) is 0 Å². The molecule has 0 bridgehead atoms. The number of urea groups is 1. The summed E-state index contributed by atoms with van der Waals surface area (Å²) in [7, 11) is 0. The summed E-state index contributed by atoms with van der Waals surface area (Å²) in [4.78, 5) is 30.4. The molecule has 3 amide bonds. The molecule has 1 aromatic rings. The van der Waals surface area contributed by atoms with Crippen LogP contribution in [0.25, 0.3) is 0 Å². The molecule has 6 nitrogen and oxygen atoms in total. The molecule has 0 aliphatic carbocycles. The lowest BCUT2D eigenvalue weighted by molar-refractivity contribution is -0.123. The van der Waals surface area contributed by atoms with E-state index in [9.17, 15) is 9.59 Å². The molecular weight excluding hydrogens is 316 g/mol. The second-order valence-electron chi connectivity index (χ2n) is 7.31. The highest BCUT2D eigenvalue weighted by Crippen LogP contribution is 2.20. The summed E-state index contributed by atoms with van der Waals surface area (Å²) in [5, 5.41) is 6.00. The van der Waals surface area contributed by atoms with Crippen molar-refractivity contribution in [3.63, 3.8) is 0 Å². The van der Waals surface area contributed by atoms with E-state index < -0.39 is 0 Å². The largest absolute Gasteiger partial charge is 0.350 e. The van der Waals surface area contributed by atoms with Crippen molar-refractivity contribution in [1.29, 1.82) is 0 Å². The number of hydrogen-bond donors (Lipinski definition) is 2. The number of carbonyl (C=O) groups is 2. The first-order valence-corrected chi connectivity index (χ1v) is 9.17. The van der Waals surface area contributed by atoms with Gasteiger partial charge in [0.1, 0.15) is 0 Å². The van der Waals surface area contributed by atoms with Crippen LogP contribution in [0.15, 0.2) is 24.5 Å². The smallest absolute Gasteiger partial charge is 0.317 e. The highest BCUT2D eigenvalue weighted by Gasteiger charge is 2.25. The SMILES string of the molecule is CC(C)CNC(=O)N1CCC[C@H](CC(=O)N[C@@H](C)c2ccncc2)C1. The summed E-state index contributed by atoms with van der Waals surface area (Å²) >= 11 is 0. The number of piperidine rings is 1. The number of likely N-dealkylation sites (tertiary alicyclic amines) is 1. The summed E-state index contributed by atoms with van der Waals surface area (Å²) in [5.74, 6) is 0.701. The first-order valence-electron chi connectivity index (χ1n) is 9.17. The van der Waals surface area contributed by atoms with Crippen LogP contribution < -0.4 is 10.6 Å². The Kier molecular flexibility index (Phi) is 7.22. The van der Waals surface area contributed by atoms with Crippen molar-refractivity contribution >= 4 is 11.9 Å². The van der Waals surface area contributed by atoms with E-state index in [0.717, 1.165) is 24.9 Å². The van der Waals surface area contributed by atoms with Crippen molar-refractivity contribution in [2.24, 2.45) is 11.8 Å².